The fourth-order valence-corrected chi connectivity index (χ4v) is 1.20. The van der Waals surface area contributed by atoms with Crippen molar-refractivity contribution in [3.8, 4) is 5.75 Å². The summed E-state index contributed by atoms with van der Waals surface area (Å²) in [4.78, 5) is 11.4. The summed E-state index contributed by atoms with van der Waals surface area (Å²) in [7, 11) is 0. The van der Waals surface area contributed by atoms with Gasteiger partial charge in [-0.2, -0.15) is 0 Å². The molecule has 1 aromatic heterocycles. The molecule has 0 aliphatic rings. The predicted molar refractivity (Wildman–Crippen MR) is 58.1 cm³/mol. The first-order chi connectivity index (χ1) is 7.86. The third kappa shape index (κ3) is 2.63. The van der Waals surface area contributed by atoms with Crippen LogP contribution in [0.1, 0.15) is 10.6 Å². The summed E-state index contributed by atoms with van der Waals surface area (Å²) in [6.45, 7) is 0.115. The highest BCUT2D eigenvalue weighted by molar-refractivity contribution is 5.91. The number of ether oxygens (including phenoxy) is 1. The van der Waals surface area contributed by atoms with Crippen LogP contribution in [0.3, 0.4) is 0 Å². The van der Waals surface area contributed by atoms with Crippen molar-refractivity contribution in [3.05, 3.63) is 54.5 Å². The Hall–Kier alpha value is -2.23. The van der Waals surface area contributed by atoms with Gasteiger partial charge in [-0.3, -0.25) is 4.79 Å². The van der Waals surface area contributed by atoms with Gasteiger partial charge in [-0.15, -0.1) is 0 Å². The van der Waals surface area contributed by atoms with Crippen molar-refractivity contribution in [1.82, 2.24) is 5.32 Å². The molecule has 4 heteroatoms. The largest absolute Gasteiger partial charge is 0.473 e. The fourth-order valence-electron chi connectivity index (χ4n) is 1.20. The van der Waals surface area contributed by atoms with Crippen molar-refractivity contribution in [1.29, 1.82) is 0 Å². The molecule has 0 saturated heterocycles. The Balaban J connectivity index is 1.79. The van der Waals surface area contributed by atoms with Gasteiger partial charge >= 0.3 is 0 Å². The Morgan fingerprint density at radius 2 is 2.00 bits per heavy atom. The molecule has 4 nitrogen and oxygen atoms in total. The number of hydrogen-bond donors (Lipinski definition) is 1. The van der Waals surface area contributed by atoms with Crippen LogP contribution in [0.2, 0.25) is 0 Å². The van der Waals surface area contributed by atoms with E-state index in [0.717, 1.165) is 0 Å². The Bertz CT molecular complexity index is 437. The molecule has 2 rings (SSSR count). The molecular formula is C12H11NO3. The quantitative estimate of drug-likeness (QED) is 0.797. The molecule has 0 radical (unpaired) electrons. The second kappa shape index (κ2) is 5.02. The molecule has 1 heterocycles. The number of carbonyl (C=O) groups excluding carboxylic acids is 1. The summed E-state index contributed by atoms with van der Waals surface area (Å²) in [6.07, 6.45) is 1.45. The van der Waals surface area contributed by atoms with Crippen molar-refractivity contribution in [2.24, 2.45) is 0 Å². The van der Waals surface area contributed by atoms with Crippen LogP contribution in [0.5, 0.6) is 5.75 Å². The van der Waals surface area contributed by atoms with Gasteiger partial charge in [-0.1, -0.05) is 18.2 Å². The normalized spacial score (nSPS) is 9.75. The molecule has 2 aromatic rings. The van der Waals surface area contributed by atoms with Crippen LogP contribution in [-0.4, -0.2) is 12.6 Å². The number of hydrogen-bond acceptors (Lipinski definition) is 3. The van der Waals surface area contributed by atoms with E-state index in [0.29, 0.717) is 5.75 Å². The van der Waals surface area contributed by atoms with Gasteiger partial charge in [0.25, 0.3) is 5.91 Å². The zero-order valence-electron chi connectivity index (χ0n) is 8.55. The summed E-state index contributed by atoms with van der Waals surface area (Å²) in [6, 6.07) is 12.5. The summed E-state index contributed by atoms with van der Waals surface area (Å²) < 4.78 is 10.2. The molecular weight excluding hydrogens is 206 g/mol. The number of rotatable bonds is 4. The molecule has 0 spiro atoms. The molecule has 0 atom stereocenters. The fraction of sp³-hybridized carbons (Fsp3) is 0.0833. The minimum atomic E-state index is -0.291. The minimum Gasteiger partial charge on any atom is -0.473 e. The molecule has 0 bridgehead atoms. The van der Waals surface area contributed by atoms with Crippen LogP contribution < -0.4 is 10.1 Å². The van der Waals surface area contributed by atoms with Crippen molar-refractivity contribution in [3.63, 3.8) is 0 Å². The first kappa shape index (κ1) is 10.3. The van der Waals surface area contributed by atoms with Crippen molar-refractivity contribution >= 4 is 5.91 Å². The molecule has 0 aliphatic carbocycles. The lowest BCUT2D eigenvalue weighted by Crippen LogP contribution is -2.27. The van der Waals surface area contributed by atoms with Crippen LogP contribution in [0, 0.1) is 0 Å². The summed E-state index contributed by atoms with van der Waals surface area (Å²) in [5.74, 6) is 0.694. The molecule has 82 valence electrons. The van der Waals surface area contributed by atoms with E-state index >= 15 is 0 Å². The zero-order valence-corrected chi connectivity index (χ0v) is 8.55. The van der Waals surface area contributed by atoms with Crippen molar-refractivity contribution in [2.45, 2.75) is 0 Å². The second-order valence-corrected chi connectivity index (χ2v) is 3.08. The van der Waals surface area contributed by atoms with Crippen molar-refractivity contribution in [2.75, 3.05) is 6.73 Å². The van der Waals surface area contributed by atoms with Crippen LogP contribution in [-0.2, 0) is 0 Å². The van der Waals surface area contributed by atoms with Crippen LogP contribution in [0.25, 0.3) is 0 Å². The maximum absolute atomic E-state index is 11.4. The van der Waals surface area contributed by atoms with E-state index in [1.54, 1.807) is 12.1 Å². The van der Waals surface area contributed by atoms with Crippen molar-refractivity contribution < 1.29 is 13.9 Å². The summed E-state index contributed by atoms with van der Waals surface area (Å²) in [5, 5.41) is 2.58. The predicted octanol–water partition coefficient (Wildman–Crippen LogP) is 2.05. The zero-order chi connectivity index (χ0) is 11.2. The number of carbonyl (C=O) groups is 1. The van der Waals surface area contributed by atoms with Gasteiger partial charge in [0.05, 0.1) is 6.26 Å². The number of para-hydroxylation sites is 1. The Morgan fingerprint density at radius 3 is 2.69 bits per heavy atom. The Kier molecular flexibility index (Phi) is 3.23. The topological polar surface area (TPSA) is 51.5 Å². The smallest absolute Gasteiger partial charge is 0.289 e. The molecule has 0 unspecified atom stereocenters. The van der Waals surface area contributed by atoms with Gasteiger partial charge in [0.15, 0.2) is 12.5 Å². The number of furan rings is 1. The number of nitrogens with one attached hydrogen (secondary N) is 1. The SMILES string of the molecule is O=C(NCOc1ccccc1)c1ccco1. The van der Waals surface area contributed by atoms with Gasteiger partial charge in [0.2, 0.25) is 0 Å². The van der Waals surface area contributed by atoms with Crippen LogP contribution >= 0.6 is 0 Å². The number of benzene rings is 1. The molecule has 0 aliphatic heterocycles. The molecule has 1 amide bonds. The van der Waals surface area contributed by atoms with Gasteiger partial charge in [-0.25, -0.2) is 0 Å². The van der Waals surface area contributed by atoms with E-state index in [-0.39, 0.29) is 18.4 Å². The highest BCUT2D eigenvalue weighted by Crippen LogP contribution is 2.07. The monoisotopic (exact) mass is 217 g/mol. The lowest BCUT2D eigenvalue weighted by Gasteiger charge is -2.06. The minimum absolute atomic E-state index is 0.115. The van der Waals surface area contributed by atoms with Gasteiger partial charge in [0.1, 0.15) is 5.75 Å². The highest BCUT2D eigenvalue weighted by Gasteiger charge is 2.06. The van der Waals surface area contributed by atoms with E-state index in [1.165, 1.54) is 6.26 Å². The van der Waals surface area contributed by atoms with E-state index in [4.69, 9.17) is 9.15 Å². The molecule has 0 fully saturated rings. The standard InChI is InChI=1S/C12H11NO3/c14-12(11-7-4-8-15-11)13-9-16-10-5-2-1-3-6-10/h1-8H,9H2,(H,13,14). The third-order valence-electron chi connectivity index (χ3n) is 1.96. The highest BCUT2D eigenvalue weighted by atomic mass is 16.5. The third-order valence-corrected chi connectivity index (χ3v) is 1.96. The van der Waals surface area contributed by atoms with E-state index in [9.17, 15) is 4.79 Å². The maximum atomic E-state index is 11.4. The summed E-state index contributed by atoms with van der Waals surface area (Å²) >= 11 is 0. The Labute approximate surface area is 92.8 Å². The van der Waals surface area contributed by atoms with Crippen LogP contribution in [0.4, 0.5) is 0 Å². The first-order valence-electron chi connectivity index (χ1n) is 4.86. The lowest BCUT2D eigenvalue weighted by atomic mass is 10.3. The van der Waals surface area contributed by atoms with Crippen LogP contribution in [0.15, 0.2) is 53.1 Å². The first-order valence-corrected chi connectivity index (χ1v) is 4.86. The average molecular weight is 217 g/mol. The second-order valence-electron chi connectivity index (χ2n) is 3.08. The van der Waals surface area contributed by atoms with Gasteiger partial charge < -0.3 is 14.5 Å². The van der Waals surface area contributed by atoms with E-state index in [1.807, 2.05) is 30.3 Å². The van der Waals surface area contributed by atoms with Gasteiger partial charge in [0, 0.05) is 0 Å². The van der Waals surface area contributed by atoms with E-state index in [2.05, 4.69) is 5.32 Å². The van der Waals surface area contributed by atoms with Gasteiger partial charge in [-0.05, 0) is 24.3 Å². The average Bonchev–Trinajstić information content (AvgIpc) is 2.84. The molecule has 0 saturated carbocycles. The number of amides is 1. The summed E-state index contributed by atoms with van der Waals surface area (Å²) in [5.41, 5.74) is 0. The maximum Gasteiger partial charge on any atom is 0.289 e. The van der Waals surface area contributed by atoms with E-state index < -0.39 is 0 Å². The molecule has 1 aromatic carbocycles. The molecule has 16 heavy (non-hydrogen) atoms. The Morgan fingerprint density at radius 1 is 1.19 bits per heavy atom. The molecule has 1 N–H and O–H groups in total. The lowest BCUT2D eigenvalue weighted by molar-refractivity contribution is 0.0891.